The number of halogens is 1. The van der Waals surface area contributed by atoms with E-state index in [1.165, 1.54) is 30.3 Å². The molecule has 3 rings (SSSR count). The van der Waals surface area contributed by atoms with Gasteiger partial charge in [0.05, 0.1) is 33.5 Å². The summed E-state index contributed by atoms with van der Waals surface area (Å²) in [7, 11) is 0. The summed E-state index contributed by atoms with van der Waals surface area (Å²) in [6.45, 7) is 0. The van der Waals surface area contributed by atoms with Crippen LogP contribution in [-0.2, 0) is 11.2 Å². The van der Waals surface area contributed by atoms with Crippen LogP contribution in [0, 0.1) is 11.3 Å². The zero-order valence-electron chi connectivity index (χ0n) is 14.0. The number of nitrogens with one attached hydrogen (secondary N) is 1. The number of aromatic hydroxyl groups is 2. The molecule has 0 atom stereocenters. The van der Waals surface area contributed by atoms with Crippen LogP contribution in [0.4, 0.5) is 5.69 Å². The number of phenols is 1. The van der Waals surface area contributed by atoms with Gasteiger partial charge in [-0.05, 0) is 29.8 Å². The van der Waals surface area contributed by atoms with E-state index in [9.17, 15) is 19.8 Å². The number of hydrogen-bond donors (Lipinski definition) is 4. The van der Waals surface area contributed by atoms with Gasteiger partial charge in [0, 0.05) is 0 Å². The number of azo groups is 1. The molecule has 0 bridgehead atoms. The van der Waals surface area contributed by atoms with E-state index in [2.05, 4.69) is 15.2 Å². The molecule has 1 amide bonds. The highest BCUT2D eigenvalue weighted by Crippen LogP contribution is 2.41. The Morgan fingerprint density at radius 2 is 1.96 bits per heavy atom. The fourth-order valence-electron chi connectivity index (χ4n) is 2.58. The topological polar surface area (TPSA) is 159 Å². The molecule has 0 aliphatic rings. The number of H-pyrrole nitrogens is 1. The number of benzene rings is 2. The van der Waals surface area contributed by atoms with E-state index in [0.29, 0.717) is 11.1 Å². The molecule has 3 aromatic rings. The third kappa shape index (κ3) is 3.49. The highest BCUT2D eigenvalue weighted by atomic mass is 35.5. The van der Waals surface area contributed by atoms with Crippen LogP contribution >= 0.6 is 11.6 Å². The lowest BCUT2D eigenvalue weighted by molar-refractivity contribution is -0.117. The van der Waals surface area contributed by atoms with Crippen LogP contribution in [0.5, 0.6) is 11.6 Å². The second kappa shape index (κ2) is 7.38. The van der Waals surface area contributed by atoms with Gasteiger partial charge in [-0.15, -0.1) is 10.2 Å². The van der Waals surface area contributed by atoms with E-state index >= 15 is 0 Å². The molecule has 0 saturated carbocycles. The fourth-order valence-corrected chi connectivity index (χ4v) is 2.91. The molecule has 10 heteroatoms. The minimum absolute atomic E-state index is 0.0180. The minimum atomic E-state index is -1.26. The van der Waals surface area contributed by atoms with Crippen molar-refractivity contribution in [3.8, 4) is 17.7 Å². The summed E-state index contributed by atoms with van der Waals surface area (Å²) in [6.07, 6.45) is -0.199. The van der Waals surface area contributed by atoms with Gasteiger partial charge in [0.15, 0.2) is 5.69 Å². The Morgan fingerprint density at radius 1 is 1.21 bits per heavy atom. The number of hydrogen-bond acceptors (Lipinski definition) is 6. The number of carbonyl (C=O) groups is 2. The van der Waals surface area contributed by atoms with E-state index in [1.54, 1.807) is 6.07 Å². The maximum Gasteiger partial charge on any atom is 0.337 e. The quantitative estimate of drug-likeness (QED) is 0.490. The first-order valence-electron chi connectivity index (χ1n) is 7.74. The standard InChI is InChI=1S/C18H11ClN4O5/c19-15-10(18(27)28)2-3-11-14(15)16(17(26)21-11)23-22-13(25)6-8-1-4-12(24)9(5-8)7-20/h1-5,21,24,26H,6H2,(H,27,28). The van der Waals surface area contributed by atoms with Gasteiger partial charge < -0.3 is 20.3 Å². The van der Waals surface area contributed by atoms with Crippen molar-refractivity contribution >= 4 is 40.1 Å². The van der Waals surface area contributed by atoms with Crippen LogP contribution in [0.15, 0.2) is 40.6 Å². The summed E-state index contributed by atoms with van der Waals surface area (Å²) in [4.78, 5) is 25.9. The van der Waals surface area contributed by atoms with Gasteiger partial charge >= 0.3 is 5.97 Å². The number of amides is 1. The van der Waals surface area contributed by atoms with Crippen LogP contribution in [0.2, 0.25) is 5.02 Å². The lowest BCUT2D eigenvalue weighted by atomic mass is 10.1. The molecule has 0 aliphatic heterocycles. The van der Waals surface area contributed by atoms with Gasteiger partial charge in [0.1, 0.15) is 11.8 Å². The number of carbonyl (C=O) groups excluding carboxylic acids is 1. The lowest BCUT2D eigenvalue weighted by Crippen LogP contribution is -1.98. The SMILES string of the molecule is N#Cc1cc(CC(=O)N=Nc2c(O)[nH]c3ccc(C(=O)O)c(Cl)c23)ccc1O. The number of carboxylic acid groups (broad SMARTS) is 1. The summed E-state index contributed by atoms with van der Waals surface area (Å²) >= 11 is 6.10. The van der Waals surface area contributed by atoms with Crippen LogP contribution in [0.3, 0.4) is 0 Å². The Hall–Kier alpha value is -3.90. The van der Waals surface area contributed by atoms with E-state index in [1.807, 2.05) is 0 Å². The Balaban J connectivity index is 1.92. The van der Waals surface area contributed by atoms with Gasteiger partial charge in [-0.1, -0.05) is 17.7 Å². The molecule has 1 aromatic heterocycles. The second-order valence-corrected chi connectivity index (χ2v) is 6.09. The first kappa shape index (κ1) is 18.9. The average molecular weight is 399 g/mol. The number of rotatable bonds is 4. The molecular formula is C18H11ClN4O5. The first-order valence-corrected chi connectivity index (χ1v) is 8.12. The summed E-state index contributed by atoms with van der Waals surface area (Å²) in [6, 6.07) is 8.57. The summed E-state index contributed by atoms with van der Waals surface area (Å²) in [5.74, 6) is -2.57. The molecule has 1 heterocycles. The summed E-state index contributed by atoms with van der Waals surface area (Å²) in [5.41, 5.74) is 0.423. The molecule has 0 saturated heterocycles. The molecular weight excluding hydrogens is 388 g/mol. The number of aromatic amines is 1. The molecule has 9 nitrogen and oxygen atoms in total. The predicted octanol–water partition coefficient (Wildman–Crippen LogP) is 3.66. The van der Waals surface area contributed by atoms with Crippen molar-refractivity contribution in [3.05, 3.63) is 52.0 Å². The fraction of sp³-hybridized carbons (Fsp3) is 0.0556. The van der Waals surface area contributed by atoms with Crippen molar-refractivity contribution in [1.82, 2.24) is 4.98 Å². The molecule has 0 spiro atoms. The Labute approximate surface area is 162 Å². The van der Waals surface area contributed by atoms with Crippen LogP contribution in [0.25, 0.3) is 10.9 Å². The number of carboxylic acids is 1. The van der Waals surface area contributed by atoms with Crippen LogP contribution in [0.1, 0.15) is 21.5 Å². The Bertz CT molecular complexity index is 1190. The number of nitriles is 1. The lowest BCUT2D eigenvalue weighted by Gasteiger charge is -2.01. The van der Waals surface area contributed by atoms with Gasteiger partial charge in [0.25, 0.3) is 5.91 Å². The van der Waals surface area contributed by atoms with Gasteiger partial charge in [-0.3, -0.25) is 4.79 Å². The maximum absolute atomic E-state index is 12.1. The van der Waals surface area contributed by atoms with Crippen LogP contribution < -0.4 is 0 Å². The van der Waals surface area contributed by atoms with Crippen molar-refractivity contribution in [1.29, 1.82) is 5.26 Å². The smallest absolute Gasteiger partial charge is 0.337 e. The molecule has 0 radical (unpaired) electrons. The molecule has 0 fully saturated rings. The van der Waals surface area contributed by atoms with Crippen molar-refractivity contribution in [2.24, 2.45) is 10.2 Å². The van der Waals surface area contributed by atoms with Crippen molar-refractivity contribution in [2.75, 3.05) is 0 Å². The third-order valence-electron chi connectivity index (χ3n) is 3.88. The maximum atomic E-state index is 12.1. The van der Waals surface area contributed by atoms with E-state index in [-0.39, 0.29) is 39.4 Å². The van der Waals surface area contributed by atoms with E-state index < -0.39 is 17.8 Å². The zero-order chi connectivity index (χ0) is 20.4. The monoisotopic (exact) mass is 398 g/mol. The van der Waals surface area contributed by atoms with Crippen molar-refractivity contribution in [3.63, 3.8) is 0 Å². The zero-order valence-corrected chi connectivity index (χ0v) is 14.7. The number of nitrogens with zero attached hydrogens (tertiary/aromatic N) is 3. The predicted molar refractivity (Wildman–Crippen MR) is 98.0 cm³/mol. The Morgan fingerprint density at radius 3 is 2.64 bits per heavy atom. The second-order valence-electron chi connectivity index (χ2n) is 5.71. The largest absolute Gasteiger partial charge is 0.507 e. The number of fused-ring (bicyclic) bond motifs is 1. The van der Waals surface area contributed by atoms with Gasteiger partial charge in [-0.2, -0.15) is 5.26 Å². The normalized spacial score (nSPS) is 11.0. The van der Waals surface area contributed by atoms with E-state index in [4.69, 9.17) is 22.0 Å². The highest BCUT2D eigenvalue weighted by molar-refractivity contribution is 6.39. The van der Waals surface area contributed by atoms with E-state index in [0.717, 1.165) is 0 Å². The molecule has 2 aromatic carbocycles. The number of aromatic nitrogens is 1. The molecule has 0 unspecified atom stereocenters. The molecule has 0 aliphatic carbocycles. The molecule has 4 N–H and O–H groups in total. The number of phenolic OH excluding ortho intramolecular Hbond substituents is 1. The van der Waals surface area contributed by atoms with Crippen molar-refractivity contribution < 1.29 is 24.9 Å². The summed E-state index contributed by atoms with van der Waals surface area (Å²) < 4.78 is 0. The third-order valence-corrected chi connectivity index (χ3v) is 4.28. The minimum Gasteiger partial charge on any atom is -0.507 e. The summed E-state index contributed by atoms with van der Waals surface area (Å²) in [5, 5.41) is 44.7. The van der Waals surface area contributed by atoms with Gasteiger partial charge in [-0.25, -0.2) is 4.79 Å². The first-order chi connectivity index (χ1) is 13.3. The molecule has 28 heavy (non-hydrogen) atoms. The van der Waals surface area contributed by atoms with Crippen molar-refractivity contribution in [2.45, 2.75) is 6.42 Å². The molecule has 140 valence electrons. The van der Waals surface area contributed by atoms with Gasteiger partial charge in [0.2, 0.25) is 5.88 Å². The number of aromatic carboxylic acids is 1. The highest BCUT2D eigenvalue weighted by Gasteiger charge is 2.19. The van der Waals surface area contributed by atoms with Crippen LogP contribution in [-0.4, -0.2) is 32.2 Å². The Kier molecular flexibility index (Phi) is 4.98. The average Bonchev–Trinajstić information content (AvgIpc) is 2.97.